The van der Waals surface area contributed by atoms with E-state index in [1.54, 1.807) is 25.1 Å². The standard InChI is InChI=1S/C13H17N5O2S/c1-14-12-17-10-9(15-7-16-10)11(18-12)21-6-13(3-4-13)5-8(19)20-2/h7H,3-6H2,1-2H3,(H2,14,15,16,17,18). The van der Waals surface area contributed by atoms with Crippen LogP contribution in [-0.4, -0.2) is 45.8 Å². The average Bonchev–Trinajstić information content (AvgIpc) is 3.09. The Bertz CT molecular complexity index is 668. The molecule has 8 heteroatoms. The van der Waals surface area contributed by atoms with Crippen molar-refractivity contribution in [3.05, 3.63) is 6.33 Å². The van der Waals surface area contributed by atoms with E-state index in [4.69, 9.17) is 4.74 Å². The lowest BCUT2D eigenvalue weighted by atomic mass is 10.1. The van der Waals surface area contributed by atoms with Crippen LogP contribution in [0.15, 0.2) is 11.4 Å². The molecule has 2 heterocycles. The summed E-state index contributed by atoms with van der Waals surface area (Å²) in [6, 6.07) is 0. The monoisotopic (exact) mass is 307 g/mol. The fourth-order valence-corrected chi connectivity index (χ4v) is 3.45. The maximum atomic E-state index is 11.5. The number of carbonyl (C=O) groups is 1. The minimum absolute atomic E-state index is 0.0643. The number of esters is 1. The Labute approximate surface area is 126 Å². The van der Waals surface area contributed by atoms with Gasteiger partial charge >= 0.3 is 5.97 Å². The minimum Gasteiger partial charge on any atom is -0.469 e. The summed E-state index contributed by atoms with van der Waals surface area (Å²) in [5, 5.41) is 3.80. The fraction of sp³-hybridized carbons (Fsp3) is 0.538. The Hall–Kier alpha value is -1.83. The number of aromatic nitrogens is 4. The van der Waals surface area contributed by atoms with Crippen molar-refractivity contribution in [3.63, 3.8) is 0 Å². The lowest BCUT2D eigenvalue weighted by molar-refractivity contribution is -0.141. The summed E-state index contributed by atoms with van der Waals surface area (Å²) in [4.78, 5) is 27.5. The van der Waals surface area contributed by atoms with Crippen molar-refractivity contribution in [2.75, 3.05) is 25.2 Å². The molecule has 0 radical (unpaired) electrons. The number of methoxy groups -OCH3 is 1. The quantitative estimate of drug-likeness (QED) is 0.478. The van der Waals surface area contributed by atoms with Crippen LogP contribution in [0.4, 0.5) is 5.95 Å². The molecule has 2 aromatic heterocycles. The van der Waals surface area contributed by atoms with Gasteiger partial charge in [0.25, 0.3) is 0 Å². The highest BCUT2D eigenvalue weighted by Gasteiger charge is 2.44. The molecule has 112 valence electrons. The van der Waals surface area contributed by atoms with Crippen molar-refractivity contribution in [2.24, 2.45) is 5.41 Å². The molecule has 2 aromatic rings. The summed E-state index contributed by atoms with van der Waals surface area (Å²) >= 11 is 1.64. The molecule has 2 N–H and O–H groups in total. The van der Waals surface area contributed by atoms with Gasteiger partial charge in [-0.05, 0) is 18.3 Å². The minimum atomic E-state index is -0.140. The summed E-state index contributed by atoms with van der Waals surface area (Å²) in [5.41, 5.74) is 1.55. The lowest BCUT2D eigenvalue weighted by Crippen LogP contribution is -2.13. The number of imidazole rings is 1. The molecule has 0 unspecified atom stereocenters. The van der Waals surface area contributed by atoms with Crippen molar-refractivity contribution in [1.29, 1.82) is 0 Å². The Morgan fingerprint density at radius 1 is 1.52 bits per heavy atom. The predicted octanol–water partition coefficient (Wildman–Crippen LogP) is 1.83. The van der Waals surface area contributed by atoms with Crippen LogP contribution in [0.3, 0.4) is 0 Å². The summed E-state index contributed by atoms with van der Waals surface area (Å²) < 4.78 is 4.77. The van der Waals surface area contributed by atoms with Gasteiger partial charge in [-0.2, -0.15) is 4.98 Å². The van der Waals surface area contributed by atoms with E-state index >= 15 is 0 Å². The number of nitrogens with one attached hydrogen (secondary N) is 2. The molecule has 0 atom stereocenters. The van der Waals surface area contributed by atoms with Gasteiger partial charge in [0.1, 0.15) is 10.5 Å². The first kappa shape index (κ1) is 14.1. The van der Waals surface area contributed by atoms with E-state index < -0.39 is 0 Å². The van der Waals surface area contributed by atoms with Gasteiger partial charge in [-0.15, -0.1) is 11.8 Å². The first-order chi connectivity index (χ1) is 10.2. The number of hydrogen-bond acceptors (Lipinski definition) is 7. The van der Waals surface area contributed by atoms with Crippen LogP contribution >= 0.6 is 11.8 Å². The topological polar surface area (TPSA) is 92.8 Å². The van der Waals surface area contributed by atoms with Crippen LogP contribution in [-0.2, 0) is 9.53 Å². The van der Waals surface area contributed by atoms with Crippen LogP contribution in [0.5, 0.6) is 0 Å². The number of fused-ring (bicyclic) bond motifs is 1. The maximum absolute atomic E-state index is 11.5. The fourth-order valence-electron chi connectivity index (χ4n) is 2.17. The van der Waals surface area contributed by atoms with Crippen molar-refractivity contribution < 1.29 is 9.53 Å². The molecule has 1 fully saturated rings. The molecule has 0 aliphatic heterocycles. The zero-order chi connectivity index (χ0) is 14.9. The second-order valence-corrected chi connectivity index (χ2v) is 6.21. The van der Waals surface area contributed by atoms with Crippen LogP contribution in [0, 0.1) is 5.41 Å². The van der Waals surface area contributed by atoms with Crippen molar-refractivity contribution >= 4 is 34.8 Å². The van der Waals surface area contributed by atoms with Crippen LogP contribution in [0.25, 0.3) is 11.2 Å². The van der Waals surface area contributed by atoms with E-state index in [-0.39, 0.29) is 11.4 Å². The first-order valence-corrected chi connectivity index (χ1v) is 7.73. The van der Waals surface area contributed by atoms with Crippen LogP contribution in [0.1, 0.15) is 19.3 Å². The van der Waals surface area contributed by atoms with Crippen LogP contribution < -0.4 is 5.32 Å². The van der Waals surface area contributed by atoms with E-state index in [0.29, 0.717) is 18.0 Å². The zero-order valence-corrected chi connectivity index (χ0v) is 12.8. The molecule has 0 amide bonds. The molecule has 7 nitrogen and oxygen atoms in total. The van der Waals surface area contributed by atoms with E-state index in [9.17, 15) is 4.79 Å². The molecule has 1 saturated carbocycles. The molecule has 1 aliphatic carbocycles. The normalized spacial score (nSPS) is 15.9. The summed E-state index contributed by atoms with van der Waals surface area (Å²) in [5.74, 6) is 1.25. The van der Waals surface area contributed by atoms with Gasteiger partial charge in [0.2, 0.25) is 5.95 Å². The lowest BCUT2D eigenvalue weighted by Gasteiger charge is -2.13. The highest BCUT2D eigenvalue weighted by molar-refractivity contribution is 7.99. The molecule has 0 aromatic carbocycles. The number of thioether (sulfide) groups is 1. The molecule has 21 heavy (non-hydrogen) atoms. The number of hydrogen-bond donors (Lipinski definition) is 2. The van der Waals surface area contributed by atoms with Crippen LogP contribution in [0.2, 0.25) is 0 Å². The highest BCUT2D eigenvalue weighted by Crippen LogP contribution is 2.52. The Kier molecular flexibility index (Phi) is 3.71. The van der Waals surface area contributed by atoms with E-state index in [2.05, 4.69) is 25.3 Å². The zero-order valence-electron chi connectivity index (χ0n) is 12.0. The number of H-pyrrole nitrogens is 1. The maximum Gasteiger partial charge on any atom is 0.306 e. The van der Waals surface area contributed by atoms with E-state index in [1.807, 2.05) is 0 Å². The van der Waals surface area contributed by atoms with Crippen molar-refractivity contribution in [3.8, 4) is 0 Å². The smallest absolute Gasteiger partial charge is 0.306 e. The number of aromatic amines is 1. The van der Waals surface area contributed by atoms with E-state index in [1.165, 1.54) is 7.11 Å². The number of nitrogens with zero attached hydrogens (tertiary/aromatic N) is 3. The third-order valence-corrected chi connectivity index (χ3v) is 5.02. The second-order valence-electron chi connectivity index (χ2n) is 5.25. The predicted molar refractivity (Wildman–Crippen MR) is 80.3 cm³/mol. The number of ether oxygens (including phenoxy) is 1. The SMILES string of the molecule is CNc1nc(SCC2(CC(=O)OC)CC2)c2[nH]cnc2n1. The van der Waals surface area contributed by atoms with Gasteiger partial charge in [-0.3, -0.25) is 4.79 Å². The van der Waals surface area contributed by atoms with Gasteiger partial charge in [-0.1, -0.05) is 0 Å². The summed E-state index contributed by atoms with van der Waals surface area (Å²) in [6.45, 7) is 0. The molecule has 0 spiro atoms. The Balaban J connectivity index is 1.76. The summed E-state index contributed by atoms with van der Waals surface area (Å²) in [6.07, 6.45) is 4.22. The average molecular weight is 307 g/mol. The molecule has 0 bridgehead atoms. The third-order valence-electron chi connectivity index (χ3n) is 3.70. The number of anilines is 1. The van der Waals surface area contributed by atoms with Crippen molar-refractivity contribution in [1.82, 2.24) is 19.9 Å². The first-order valence-electron chi connectivity index (χ1n) is 6.74. The molecule has 3 rings (SSSR count). The second kappa shape index (κ2) is 5.51. The van der Waals surface area contributed by atoms with Crippen molar-refractivity contribution in [2.45, 2.75) is 24.3 Å². The molecule has 1 aliphatic rings. The molecular formula is C13H17N5O2S. The van der Waals surface area contributed by atoms with Gasteiger partial charge in [-0.25, -0.2) is 9.97 Å². The van der Waals surface area contributed by atoms with Gasteiger partial charge in [0.05, 0.1) is 19.9 Å². The molecule has 0 saturated heterocycles. The largest absolute Gasteiger partial charge is 0.469 e. The molecular weight excluding hydrogens is 290 g/mol. The Morgan fingerprint density at radius 3 is 3.00 bits per heavy atom. The third kappa shape index (κ3) is 2.94. The van der Waals surface area contributed by atoms with Gasteiger partial charge in [0, 0.05) is 12.8 Å². The number of rotatable bonds is 6. The summed E-state index contributed by atoms with van der Waals surface area (Å²) in [7, 11) is 3.21. The van der Waals surface area contributed by atoms with Gasteiger partial charge < -0.3 is 15.0 Å². The highest BCUT2D eigenvalue weighted by atomic mass is 32.2. The number of carbonyl (C=O) groups excluding carboxylic acids is 1. The Morgan fingerprint density at radius 2 is 2.33 bits per heavy atom. The van der Waals surface area contributed by atoms with E-state index in [0.717, 1.165) is 29.1 Å². The van der Waals surface area contributed by atoms with Gasteiger partial charge in [0.15, 0.2) is 5.65 Å².